The summed E-state index contributed by atoms with van der Waals surface area (Å²) in [5.41, 5.74) is 0.674. The Hall–Kier alpha value is -2.52. The number of pyridine rings is 1. The van der Waals surface area contributed by atoms with Gasteiger partial charge in [-0.3, -0.25) is 10.1 Å². The van der Waals surface area contributed by atoms with Crippen LogP contribution in [0.15, 0.2) is 48.7 Å². The van der Waals surface area contributed by atoms with Gasteiger partial charge in [-0.1, -0.05) is 30.3 Å². The van der Waals surface area contributed by atoms with Gasteiger partial charge in [0.2, 0.25) is 15.8 Å². The highest BCUT2D eigenvalue weighted by Gasteiger charge is 2.30. The Bertz CT molecular complexity index is 849. The van der Waals surface area contributed by atoms with Crippen LogP contribution in [0, 0.1) is 10.1 Å². The second-order valence-electron chi connectivity index (χ2n) is 5.73. The van der Waals surface area contributed by atoms with Crippen molar-refractivity contribution in [2.75, 3.05) is 31.1 Å². The van der Waals surface area contributed by atoms with Gasteiger partial charge >= 0.3 is 5.69 Å². The summed E-state index contributed by atoms with van der Waals surface area (Å²) in [4.78, 5) is 16.5. The highest BCUT2D eigenvalue weighted by molar-refractivity contribution is 7.88. The molecule has 9 heteroatoms. The molecule has 0 saturated carbocycles. The highest BCUT2D eigenvalue weighted by atomic mass is 32.2. The fourth-order valence-electron chi connectivity index (χ4n) is 2.83. The zero-order valence-electron chi connectivity index (χ0n) is 13.5. The lowest BCUT2D eigenvalue weighted by Crippen LogP contribution is -2.49. The van der Waals surface area contributed by atoms with Gasteiger partial charge in [0.05, 0.1) is 10.7 Å². The molecule has 1 aromatic heterocycles. The fourth-order valence-corrected chi connectivity index (χ4v) is 4.34. The van der Waals surface area contributed by atoms with Crippen LogP contribution < -0.4 is 4.90 Å². The van der Waals surface area contributed by atoms with Crippen molar-refractivity contribution < 1.29 is 13.3 Å². The van der Waals surface area contributed by atoms with Gasteiger partial charge in [0.15, 0.2) is 0 Å². The first kappa shape index (κ1) is 17.3. The van der Waals surface area contributed by atoms with Crippen LogP contribution in [-0.2, 0) is 15.8 Å². The van der Waals surface area contributed by atoms with E-state index in [1.807, 2.05) is 18.2 Å². The molecule has 1 aromatic carbocycles. The molecule has 132 valence electrons. The van der Waals surface area contributed by atoms with Gasteiger partial charge in [0, 0.05) is 38.4 Å². The van der Waals surface area contributed by atoms with Gasteiger partial charge in [-0.25, -0.2) is 13.4 Å². The van der Waals surface area contributed by atoms with Gasteiger partial charge in [-0.05, 0) is 11.6 Å². The van der Waals surface area contributed by atoms with E-state index in [-0.39, 0.29) is 30.3 Å². The Kier molecular flexibility index (Phi) is 4.95. The van der Waals surface area contributed by atoms with Crippen molar-refractivity contribution in [2.45, 2.75) is 5.75 Å². The minimum atomic E-state index is -3.42. The molecule has 1 aliphatic rings. The van der Waals surface area contributed by atoms with E-state index in [2.05, 4.69) is 4.98 Å². The number of benzene rings is 1. The molecule has 0 aliphatic carbocycles. The van der Waals surface area contributed by atoms with E-state index in [1.54, 1.807) is 17.0 Å². The maximum Gasteiger partial charge on any atom is 0.311 e. The highest BCUT2D eigenvalue weighted by Crippen LogP contribution is 2.26. The van der Waals surface area contributed by atoms with Crippen LogP contribution in [0.4, 0.5) is 11.5 Å². The quantitative estimate of drug-likeness (QED) is 0.592. The van der Waals surface area contributed by atoms with Gasteiger partial charge in [-0.2, -0.15) is 4.31 Å². The third-order valence-electron chi connectivity index (χ3n) is 4.09. The molecule has 1 fully saturated rings. The van der Waals surface area contributed by atoms with Crippen LogP contribution in [0.3, 0.4) is 0 Å². The molecule has 3 rings (SSSR count). The minimum absolute atomic E-state index is 0.0441. The molecule has 0 N–H and O–H groups in total. The smallest absolute Gasteiger partial charge is 0.311 e. The maximum absolute atomic E-state index is 12.6. The van der Waals surface area contributed by atoms with Crippen molar-refractivity contribution in [1.82, 2.24) is 9.29 Å². The first-order valence-corrected chi connectivity index (χ1v) is 9.44. The summed E-state index contributed by atoms with van der Waals surface area (Å²) in [6.45, 7) is 1.30. The number of rotatable bonds is 5. The van der Waals surface area contributed by atoms with Crippen molar-refractivity contribution in [3.05, 3.63) is 64.3 Å². The zero-order chi connectivity index (χ0) is 17.9. The molecular weight excluding hydrogens is 344 g/mol. The van der Waals surface area contributed by atoms with Crippen LogP contribution in [0.1, 0.15) is 5.56 Å². The largest absolute Gasteiger partial charge is 0.348 e. The number of aromatic nitrogens is 1. The lowest BCUT2D eigenvalue weighted by molar-refractivity contribution is -0.384. The third-order valence-corrected chi connectivity index (χ3v) is 5.94. The van der Waals surface area contributed by atoms with Crippen molar-refractivity contribution in [2.24, 2.45) is 0 Å². The second kappa shape index (κ2) is 7.16. The average Bonchev–Trinajstić information content (AvgIpc) is 2.62. The van der Waals surface area contributed by atoms with E-state index >= 15 is 0 Å². The first-order chi connectivity index (χ1) is 12.0. The molecule has 0 amide bonds. The van der Waals surface area contributed by atoms with Crippen LogP contribution in [0.2, 0.25) is 0 Å². The Morgan fingerprint density at radius 3 is 2.36 bits per heavy atom. The summed E-state index contributed by atoms with van der Waals surface area (Å²) in [5, 5.41) is 11.1. The van der Waals surface area contributed by atoms with Crippen LogP contribution in [0.25, 0.3) is 0 Å². The number of nitro groups is 1. The fraction of sp³-hybridized carbons (Fsp3) is 0.312. The van der Waals surface area contributed by atoms with Gasteiger partial charge < -0.3 is 4.90 Å². The monoisotopic (exact) mass is 362 g/mol. The molecule has 2 heterocycles. The van der Waals surface area contributed by atoms with Crippen LogP contribution >= 0.6 is 0 Å². The SMILES string of the molecule is O=[N+]([O-])c1cccnc1N1CCN(S(=O)(=O)Cc2ccccc2)CC1. The third kappa shape index (κ3) is 3.94. The standard InChI is InChI=1S/C16H18N4O4S/c21-20(22)15-7-4-8-17-16(15)18-9-11-19(12-10-18)25(23,24)13-14-5-2-1-3-6-14/h1-8H,9-13H2. The first-order valence-electron chi connectivity index (χ1n) is 7.83. The van der Waals surface area contributed by atoms with Gasteiger partial charge in [0.1, 0.15) is 0 Å². The Balaban J connectivity index is 1.69. The molecule has 0 radical (unpaired) electrons. The summed E-state index contributed by atoms with van der Waals surface area (Å²) in [7, 11) is -3.42. The number of piperazine rings is 1. The van der Waals surface area contributed by atoms with Crippen molar-refractivity contribution in [3.63, 3.8) is 0 Å². The number of sulfonamides is 1. The molecule has 2 aromatic rings. The Morgan fingerprint density at radius 2 is 1.72 bits per heavy atom. The van der Waals surface area contributed by atoms with Gasteiger partial charge in [0.25, 0.3) is 0 Å². The molecule has 0 spiro atoms. The lowest BCUT2D eigenvalue weighted by Gasteiger charge is -2.34. The maximum atomic E-state index is 12.6. The molecule has 0 bridgehead atoms. The Morgan fingerprint density at radius 1 is 1.04 bits per heavy atom. The van der Waals surface area contributed by atoms with E-state index in [9.17, 15) is 18.5 Å². The van der Waals surface area contributed by atoms with Gasteiger partial charge in [-0.15, -0.1) is 0 Å². The summed E-state index contributed by atoms with van der Waals surface area (Å²) >= 11 is 0. The van der Waals surface area contributed by atoms with E-state index in [0.29, 0.717) is 13.1 Å². The summed E-state index contributed by atoms with van der Waals surface area (Å²) in [6, 6.07) is 11.9. The summed E-state index contributed by atoms with van der Waals surface area (Å²) < 4.78 is 26.5. The zero-order valence-corrected chi connectivity index (χ0v) is 14.3. The predicted molar refractivity (Wildman–Crippen MR) is 93.7 cm³/mol. The summed E-state index contributed by atoms with van der Waals surface area (Å²) in [5.74, 6) is 0.241. The molecule has 25 heavy (non-hydrogen) atoms. The van der Waals surface area contributed by atoms with E-state index in [4.69, 9.17) is 0 Å². The topological polar surface area (TPSA) is 96.7 Å². The number of hydrogen-bond acceptors (Lipinski definition) is 6. The second-order valence-corrected chi connectivity index (χ2v) is 7.70. The van der Waals surface area contributed by atoms with Crippen molar-refractivity contribution in [3.8, 4) is 0 Å². The van der Waals surface area contributed by atoms with Crippen molar-refractivity contribution in [1.29, 1.82) is 0 Å². The van der Waals surface area contributed by atoms with Crippen LogP contribution in [0.5, 0.6) is 0 Å². The van der Waals surface area contributed by atoms with Crippen molar-refractivity contribution >= 4 is 21.5 Å². The predicted octanol–water partition coefficient (Wildman–Crippen LogP) is 1.64. The molecule has 1 aliphatic heterocycles. The molecule has 8 nitrogen and oxygen atoms in total. The summed E-state index contributed by atoms with van der Waals surface area (Å²) in [6.07, 6.45) is 1.50. The van der Waals surface area contributed by atoms with E-state index in [1.165, 1.54) is 22.6 Å². The van der Waals surface area contributed by atoms with E-state index < -0.39 is 14.9 Å². The number of nitrogens with zero attached hydrogens (tertiary/aromatic N) is 4. The number of hydrogen-bond donors (Lipinski definition) is 0. The lowest BCUT2D eigenvalue weighted by atomic mass is 10.2. The molecule has 0 atom stereocenters. The number of anilines is 1. The van der Waals surface area contributed by atoms with E-state index in [0.717, 1.165) is 5.56 Å². The Labute approximate surface area is 145 Å². The molecular formula is C16H18N4O4S. The van der Waals surface area contributed by atoms with Crippen LogP contribution in [-0.4, -0.2) is 48.8 Å². The minimum Gasteiger partial charge on any atom is -0.348 e. The molecule has 1 saturated heterocycles. The molecule has 0 unspecified atom stereocenters. The average molecular weight is 362 g/mol. The normalized spacial score (nSPS) is 15.9.